The smallest absolute Gasteiger partial charge is 0.333 e. The lowest BCUT2D eigenvalue weighted by Gasteiger charge is -2.32. The van der Waals surface area contributed by atoms with Gasteiger partial charge in [-0.05, 0) is 0 Å². The summed E-state index contributed by atoms with van der Waals surface area (Å²) in [6, 6.07) is 0. The molecule has 24 heavy (non-hydrogen) atoms. The zero-order valence-electron chi connectivity index (χ0n) is 11.0. The molecule has 2 unspecified atom stereocenters. The fourth-order valence-electron chi connectivity index (χ4n) is 0.970. The fourth-order valence-corrected chi connectivity index (χ4v) is 0.970. The van der Waals surface area contributed by atoms with Crippen LogP contribution >= 0.6 is 0 Å². The van der Waals surface area contributed by atoms with Gasteiger partial charge in [0.05, 0.1) is 0 Å². The Balaban J connectivity index is 5.16. The van der Waals surface area contributed by atoms with Gasteiger partial charge in [0.2, 0.25) is 0 Å². The minimum absolute atomic E-state index is 2.31. The zero-order valence-corrected chi connectivity index (χ0v) is 11.0. The van der Waals surface area contributed by atoms with Gasteiger partial charge in [0.25, 0.3) is 24.6 Å². The minimum atomic E-state index is -5.81. The molecule has 0 fully saturated rings. The molecule has 0 saturated carbocycles. The molecule has 0 amide bonds. The van der Waals surface area contributed by atoms with E-state index in [1.54, 1.807) is 0 Å². The largest absolute Gasteiger partial charge is 0.419 e. The summed E-state index contributed by atoms with van der Waals surface area (Å²) < 4.78 is 157. The Morgan fingerprint density at radius 1 is 0.625 bits per heavy atom. The van der Waals surface area contributed by atoms with E-state index in [-0.39, 0.29) is 0 Å². The molecule has 0 bridgehead atoms. The van der Waals surface area contributed by atoms with Crippen LogP contribution in [0.1, 0.15) is 0 Å². The molecule has 15 heteroatoms. The second kappa shape index (κ2) is 8.42. The summed E-state index contributed by atoms with van der Waals surface area (Å²) in [5.41, 5.74) is 0. The first-order valence-corrected chi connectivity index (χ1v) is 5.50. The molecule has 0 rings (SSSR count). The quantitative estimate of drug-likeness (QED) is 0.498. The van der Waals surface area contributed by atoms with Crippen molar-refractivity contribution in [2.45, 2.75) is 43.7 Å². The normalized spacial score (nSPS) is 18.5. The van der Waals surface area contributed by atoms with Gasteiger partial charge in [-0.15, -0.1) is 0 Å². The van der Waals surface area contributed by atoms with Gasteiger partial charge in [-0.2, -0.15) is 17.6 Å². The minimum Gasteiger partial charge on any atom is -0.333 e. The van der Waals surface area contributed by atoms with Crippen molar-refractivity contribution in [1.29, 1.82) is 0 Å². The van der Waals surface area contributed by atoms with Gasteiger partial charge in [0.15, 0.2) is 0 Å². The molecule has 0 saturated heterocycles. The summed E-state index contributed by atoms with van der Waals surface area (Å²) in [5.74, 6) is -9.79. The van der Waals surface area contributed by atoms with Crippen LogP contribution in [-0.2, 0) is 14.2 Å². The number of rotatable bonds is 11. The van der Waals surface area contributed by atoms with E-state index < -0.39 is 56.9 Å². The van der Waals surface area contributed by atoms with Gasteiger partial charge < -0.3 is 9.47 Å². The van der Waals surface area contributed by atoms with Crippen molar-refractivity contribution in [1.82, 2.24) is 0 Å². The highest BCUT2D eigenvalue weighted by molar-refractivity contribution is 4.78. The van der Waals surface area contributed by atoms with Crippen LogP contribution in [-0.4, -0.2) is 56.9 Å². The number of alkyl halides is 12. The Hall–Kier alpha value is -0.960. The first kappa shape index (κ1) is 23.0. The predicted molar refractivity (Wildman–Crippen MR) is 49.6 cm³/mol. The lowest BCUT2D eigenvalue weighted by molar-refractivity contribution is -0.408. The summed E-state index contributed by atoms with van der Waals surface area (Å²) >= 11 is 0. The molecule has 2 atom stereocenters. The second-order valence-corrected chi connectivity index (χ2v) is 4.00. The Bertz CT molecular complexity index is 381. The summed E-state index contributed by atoms with van der Waals surface area (Å²) in [7, 11) is 0. The van der Waals surface area contributed by atoms with E-state index in [4.69, 9.17) is 0 Å². The van der Waals surface area contributed by atoms with Crippen LogP contribution in [0.4, 0.5) is 52.7 Å². The molecule has 0 N–H and O–H groups in total. The Labute approximate surface area is 125 Å². The molecular formula is C9H8F12O3. The van der Waals surface area contributed by atoms with Gasteiger partial charge in [0, 0.05) is 0 Å². The summed E-state index contributed by atoms with van der Waals surface area (Å²) in [5, 5.41) is 0. The molecule has 0 aromatic rings. The van der Waals surface area contributed by atoms with Crippen molar-refractivity contribution in [2.75, 3.05) is 13.2 Å². The van der Waals surface area contributed by atoms with Crippen LogP contribution in [0.25, 0.3) is 0 Å². The number of hydrogen-bond donors (Lipinski definition) is 0. The number of hydrogen-bond acceptors (Lipinski definition) is 3. The zero-order chi connectivity index (χ0) is 19.3. The molecule has 146 valence electrons. The van der Waals surface area contributed by atoms with Crippen LogP contribution in [0, 0.1) is 0 Å². The third kappa shape index (κ3) is 6.51. The highest BCUT2D eigenvalue weighted by atomic mass is 19.3. The monoisotopic (exact) mass is 392 g/mol. The van der Waals surface area contributed by atoms with E-state index in [0.717, 1.165) is 0 Å². The van der Waals surface area contributed by atoms with Gasteiger partial charge in [-0.25, -0.2) is 35.1 Å². The molecule has 0 aliphatic rings. The third-order valence-corrected chi connectivity index (χ3v) is 2.13. The maximum atomic E-state index is 13.5. The molecular weight excluding hydrogens is 384 g/mol. The summed E-state index contributed by atoms with van der Waals surface area (Å²) in [4.78, 5) is 0. The van der Waals surface area contributed by atoms with E-state index >= 15 is 0 Å². The summed E-state index contributed by atoms with van der Waals surface area (Å²) in [6.07, 6.45) is -19.7. The standard InChI is InChI=1S/C9H8F12O3/c10-3(11)7(18,1-22-6(16)17)23-2-8(19,4(12)13)24-9(20,21)5(14)15/h3-6H,1-2H2. The molecule has 0 aromatic carbocycles. The van der Waals surface area contributed by atoms with Crippen LogP contribution in [0.2, 0.25) is 0 Å². The van der Waals surface area contributed by atoms with Crippen molar-refractivity contribution in [3.8, 4) is 0 Å². The lowest BCUT2D eigenvalue weighted by Crippen LogP contribution is -2.52. The van der Waals surface area contributed by atoms with Crippen LogP contribution in [0.15, 0.2) is 0 Å². The second-order valence-electron chi connectivity index (χ2n) is 4.00. The van der Waals surface area contributed by atoms with Crippen molar-refractivity contribution in [3.05, 3.63) is 0 Å². The maximum Gasteiger partial charge on any atom is 0.419 e. The Morgan fingerprint density at radius 2 is 1.08 bits per heavy atom. The van der Waals surface area contributed by atoms with E-state index in [2.05, 4.69) is 14.2 Å². The topological polar surface area (TPSA) is 27.7 Å². The molecule has 0 aromatic heterocycles. The average molecular weight is 392 g/mol. The third-order valence-electron chi connectivity index (χ3n) is 2.13. The first-order chi connectivity index (χ1) is 10.7. The molecule has 3 nitrogen and oxygen atoms in total. The van der Waals surface area contributed by atoms with Crippen molar-refractivity contribution < 1.29 is 66.9 Å². The fraction of sp³-hybridized carbons (Fsp3) is 1.00. The van der Waals surface area contributed by atoms with E-state index in [0.29, 0.717) is 0 Å². The van der Waals surface area contributed by atoms with E-state index in [1.165, 1.54) is 0 Å². The SMILES string of the molecule is FC(F)OCC(F)(OCC(F)(OC(F)(F)C(F)F)C(F)F)C(F)F. The number of ether oxygens (including phenoxy) is 3. The highest BCUT2D eigenvalue weighted by Gasteiger charge is 2.57. The van der Waals surface area contributed by atoms with Gasteiger partial charge in [-0.3, -0.25) is 4.74 Å². The molecule has 0 aliphatic heterocycles. The van der Waals surface area contributed by atoms with E-state index in [9.17, 15) is 52.7 Å². The maximum absolute atomic E-state index is 13.5. The van der Waals surface area contributed by atoms with Gasteiger partial charge in [-0.1, -0.05) is 0 Å². The highest BCUT2D eigenvalue weighted by Crippen LogP contribution is 2.36. The van der Waals surface area contributed by atoms with Gasteiger partial charge >= 0.3 is 19.1 Å². The van der Waals surface area contributed by atoms with Crippen molar-refractivity contribution >= 4 is 0 Å². The van der Waals surface area contributed by atoms with Crippen LogP contribution in [0.5, 0.6) is 0 Å². The van der Waals surface area contributed by atoms with Crippen molar-refractivity contribution in [2.24, 2.45) is 0 Å². The molecule has 0 aliphatic carbocycles. The van der Waals surface area contributed by atoms with Crippen LogP contribution < -0.4 is 0 Å². The molecule has 0 radical (unpaired) electrons. The molecule has 0 heterocycles. The summed E-state index contributed by atoms with van der Waals surface area (Å²) in [6.45, 7) is -8.90. The lowest BCUT2D eigenvalue weighted by atomic mass is 10.3. The average Bonchev–Trinajstić information content (AvgIpc) is 2.41. The number of halogens is 12. The van der Waals surface area contributed by atoms with E-state index in [1.807, 2.05) is 0 Å². The Kier molecular flexibility index (Phi) is 8.08. The molecule has 0 spiro atoms. The predicted octanol–water partition coefficient (Wildman–Crippen LogP) is 3.98. The first-order valence-electron chi connectivity index (χ1n) is 5.50. The van der Waals surface area contributed by atoms with Gasteiger partial charge in [0.1, 0.15) is 13.2 Å². The Morgan fingerprint density at radius 3 is 1.42 bits per heavy atom. The van der Waals surface area contributed by atoms with Crippen molar-refractivity contribution in [3.63, 3.8) is 0 Å². The van der Waals surface area contributed by atoms with Crippen LogP contribution in [0.3, 0.4) is 0 Å².